The Bertz CT molecular complexity index is 153. The van der Waals surface area contributed by atoms with Crippen molar-refractivity contribution in [3.63, 3.8) is 0 Å². The normalized spacial score (nSPS) is 30.6. The first-order valence-electron chi connectivity index (χ1n) is 3.40. The molecule has 5 nitrogen and oxygen atoms in total. The number of rotatable bonds is 2. The summed E-state index contributed by atoms with van der Waals surface area (Å²) in [5.74, 6) is -0.650. The summed E-state index contributed by atoms with van der Waals surface area (Å²) in [6.07, 6.45) is 0.114. The highest BCUT2D eigenvalue weighted by Gasteiger charge is 2.37. The molecule has 0 saturated carbocycles. The second-order valence-electron chi connectivity index (χ2n) is 2.67. The van der Waals surface area contributed by atoms with Crippen LogP contribution in [0.4, 0.5) is 0 Å². The lowest BCUT2D eigenvalue weighted by Crippen LogP contribution is -2.41. The van der Waals surface area contributed by atoms with Gasteiger partial charge in [0.1, 0.15) is 0 Å². The highest BCUT2D eigenvalue weighted by atomic mass is 16.4. The number of aliphatic hydroxyl groups excluding tert-OH is 1. The highest BCUT2D eigenvalue weighted by molar-refractivity contribution is 6.43. The monoisotopic (exact) mass is 159 g/mol. The molecule has 1 heterocycles. The van der Waals surface area contributed by atoms with Crippen molar-refractivity contribution in [2.75, 3.05) is 6.54 Å². The van der Waals surface area contributed by atoms with Crippen molar-refractivity contribution in [1.82, 2.24) is 4.90 Å². The predicted molar refractivity (Wildman–Crippen MR) is 37.4 cm³/mol. The Balaban J connectivity index is 2.57. The predicted octanol–water partition coefficient (Wildman–Crippen LogP) is -2.41. The van der Waals surface area contributed by atoms with Crippen LogP contribution in [0.5, 0.6) is 0 Å². The number of nitrogens with zero attached hydrogens (tertiary/aromatic N) is 1. The molecule has 1 fully saturated rings. The summed E-state index contributed by atoms with van der Waals surface area (Å²) in [5, 5.41) is 26.5. The molecule has 0 aromatic rings. The van der Waals surface area contributed by atoms with Crippen LogP contribution in [-0.2, 0) is 4.79 Å². The molecule has 2 atom stereocenters. The summed E-state index contributed by atoms with van der Waals surface area (Å²) in [6, 6.07) is 0. The number of aliphatic hydroxyl groups is 1. The molecule has 0 bridgehead atoms. The number of carbonyl (C=O) groups is 1. The first-order valence-corrected chi connectivity index (χ1v) is 3.40. The number of hydrogen-bond acceptors (Lipinski definition) is 4. The quantitative estimate of drug-likeness (QED) is 0.309. The van der Waals surface area contributed by atoms with Crippen LogP contribution in [0.1, 0.15) is 6.42 Å². The van der Waals surface area contributed by atoms with Crippen molar-refractivity contribution >= 4 is 13.5 Å². The number of hydrogen-bond donors (Lipinski definition) is 3. The van der Waals surface area contributed by atoms with Gasteiger partial charge >= 0.3 is 7.12 Å². The molecule has 1 aliphatic heterocycles. The Hall–Kier alpha value is -0.585. The summed E-state index contributed by atoms with van der Waals surface area (Å²) in [6.45, 7) is 0.186. The zero-order valence-electron chi connectivity index (χ0n) is 5.92. The van der Waals surface area contributed by atoms with Gasteiger partial charge in [-0.05, 0) is 6.42 Å². The smallest absolute Gasteiger partial charge is 0.426 e. The fraction of sp³-hybridized carbons (Fsp3) is 0.800. The lowest BCUT2D eigenvalue weighted by molar-refractivity contribution is -0.118. The molecule has 1 rings (SSSR count). The maximum Gasteiger partial charge on any atom is 0.475 e. The summed E-state index contributed by atoms with van der Waals surface area (Å²) < 4.78 is 0. The molecular formula is C5H10BNO4. The Morgan fingerprint density at radius 1 is 1.55 bits per heavy atom. The topological polar surface area (TPSA) is 81.0 Å². The Morgan fingerprint density at radius 2 is 2.18 bits per heavy atom. The fourth-order valence-corrected chi connectivity index (χ4v) is 1.28. The summed E-state index contributed by atoms with van der Waals surface area (Å²) in [5.41, 5.74) is 0. The van der Waals surface area contributed by atoms with Gasteiger partial charge in [-0.25, -0.2) is 0 Å². The van der Waals surface area contributed by atoms with Gasteiger partial charge in [-0.3, -0.25) is 4.79 Å². The van der Waals surface area contributed by atoms with Gasteiger partial charge in [-0.15, -0.1) is 0 Å². The van der Waals surface area contributed by atoms with Gasteiger partial charge < -0.3 is 20.1 Å². The van der Waals surface area contributed by atoms with Gasteiger partial charge in [0.15, 0.2) is 0 Å². The third-order valence-corrected chi connectivity index (χ3v) is 1.84. The van der Waals surface area contributed by atoms with E-state index in [1.54, 1.807) is 0 Å². The number of likely N-dealkylation sites (tertiary alicyclic amines) is 1. The minimum Gasteiger partial charge on any atom is -0.426 e. The summed E-state index contributed by atoms with van der Waals surface area (Å²) in [4.78, 5) is 11.4. The minimum absolute atomic E-state index is 0.186. The van der Waals surface area contributed by atoms with Crippen LogP contribution >= 0.6 is 0 Å². The third kappa shape index (κ3) is 1.71. The molecular weight excluding hydrogens is 149 g/mol. The molecule has 0 aromatic carbocycles. The summed E-state index contributed by atoms with van der Waals surface area (Å²) in [7, 11) is -1.56. The molecule has 2 unspecified atom stereocenters. The van der Waals surface area contributed by atoms with E-state index in [1.807, 2.05) is 0 Å². The SMILES string of the molecule is O=CN1CC(O)CC1B(O)O. The van der Waals surface area contributed by atoms with Crippen LogP contribution in [0.3, 0.4) is 0 Å². The Kier molecular flexibility index (Phi) is 2.48. The molecule has 1 saturated heterocycles. The van der Waals surface area contributed by atoms with Gasteiger partial charge in [0, 0.05) is 6.54 Å². The number of carbonyl (C=O) groups excluding carboxylic acids is 1. The van der Waals surface area contributed by atoms with Gasteiger partial charge in [0.05, 0.1) is 12.0 Å². The molecule has 6 heteroatoms. The van der Waals surface area contributed by atoms with E-state index >= 15 is 0 Å². The second-order valence-corrected chi connectivity index (χ2v) is 2.67. The van der Waals surface area contributed by atoms with Crippen LogP contribution in [-0.4, -0.2) is 52.2 Å². The number of β-amino-alcohol motifs (C(OH)–C–C–N with tert-alkyl or cyclic N) is 1. The van der Waals surface area contributed by atoms with Crippen LogP contribution in [0.15, 0.2) is 0 Å². The molecule has 0 aliphatic carbocycles. The van der Waals surface area contributed by atoms with Crippen molar-refractivity contribution in [2.24, 2.45) is 0 Å². The van der Waals surface area contributed by atoms with Gasteiger partial charge in [0.2, 0.25) is 6.41 Å². The average molecular weight is 159 g/mol. The van der Waals surface area contributed by atoms with E-state index in [0.717, 1.165) is 0 Å². The maximum absolute atomic E-state index is 10.3. The van der Waals surface area contributed by atoms with Crippen LogP contribution in [0.2, 0.25) is 0 Å². The third-order valence-electron chi connectivity index (χ3n) is 1.84. The average Bonchev–Trinajstić information content (AvgIpc) is 2.30. The second kappa shape index (κ2) is 3.21. The lowest BCUT2D eigenvalue weighted by Gasteiger charge is -2.17. The van der Waals surface area contributed by atoms with E-state index < -0.39 is 19.2 Å². The van der Waals surface area contributed by atoms with Crippen molar-refractivity contribution in [1.29, 1.82) is 0 Å². The van der Waals surface area contributed by atoms with E-state index in [2.05, 4.69) is 0 Å². The fourth-order valence-electron chi connectivity index (χ4n) is 1.28. The van der Waals surface area contributed by atoms with E-state index in [1.165, 1.54) is 4.90 Å². The molecule has 1 aliphatic rings. The molecule has 1 amide bonds. The standard InChI is InChI=1S/C5H10BNO4/c8-3-7-2-4(9)1-5(7)6(10)11/h3-5,9-11H,1-2H2. The lowest BCUT2D eigenvalue weighted by atomic mass is 9.78. The Labute approximate surface area is 64.4 Å². The minimum atomic E-state index is -1.56. The zero-order valence-corrected chi connectivity index (χ0v) is 5.92. The molecule has 11 heavy (non-hydrogen) atoms. The molecule has 62 valence electrons. The molecule has 0 spiro atoms. The number of amides is 1. The van der Waals surface area contributed by atoms with Crippen molar-refractivity contribution in [3.8, 4) is 0 Å². The summed E-state index contributed by atoms with van der Waals surface area (Å²) >= 11 is 0. The van der Waals surface area contributed by atoms with Crippen molar-refractivity contribution in [3.05, 3.63) is 0 Å². The molecule has 0 radical (unpaired) electrons. The van der Waals surface area contributed by atoms with Crippen molar-refractivity contribution < 1.29 is 19.9 Å². The van der Waals surface area contributed by atoms with Crippen LogP contribution in [0, 0.1) is 0 Å². The van der Waals surface area contributed by atoms with E-state index in [-0.39, 0.29) is 13.0 Å². The maximum atomic E-state index is 10.3. The van der Waals surface area contributed by atoms with E-state index in [4.69, 9.17) is 15.2 Å². The van der Waals surface area contributed by atoms with E-state index in [9.17, 15) is 4.79 Å². The first-order chi connectivity index (χ1) is 5.15. The van der Waals surface area contributed by atoms with Crippen molar-refractivity contribution in [2.45, 2.75) is 18.5 Å². The Morgan fingerprint density at radius 3 is 2.55 bits per heavy atom. The van der Waals surface area contributed by atoms with E-state index in [0.29, 0.717) is 6.41 Å². The van der Waals surface area contributed by atoms with Crippen LogP contribution in [0.25, 0.3) is 0 Å². The molecule has 3 N–H and O–H groups in total. The van der Waals surface area contributed by atoms with Gasteiger partial charge in [-0.1, -0.05) is 0 Å². The molecule has 0 aromatic heterocycles. The van der Waals surface area contributed by atoms with Crippen LogP contribution < -0.4 is 0 Å². The highest BCUT2D eigenvalue weighted by Crippen LogP contribution is 2.16. The van der Waals surface area contributed by atoms with Gasteiger partial charge in [0.25, 0.3) is 0 Å². The largest absolute Gasteiger partial charge is 0.475 e. The van der Waals surface area contributed by atoms with Gasteiger partial charge in [-0.2, -0.15) is 0 Å². The first kappa shape index (κ1) is 8.51. The zero-order chi connectivity index (χ0) is 8.43.